The second kappa shape index (κ2) is 4.31. The Morgan fingerprint density at radius 3 is 2.50 bits per heavy atom. The van der Waals surface area contributed by atoms with Crippen LogP contribution in [0.1, 0.15) is 15.9 Å². The van der Waals surface area contributed by atoms with Crippen molar-refractivity contribution >= 4 is 11.9 Å². The van der Waals surface area contributed by atoms with Crippen LogP contribution in [0.25, 0.3) is 6.08 Å². The summed E-state index contributed by atoms with van der Waals surface area (Å²) in [6, 6.07) is 8.44. The van der Waals surface area contributed by atoms with Crippen molar-refractivity contribution in [3.63, 3.8) is 0 Å². The molecule has 1 aliphatic heterocycles. The fourth-order valence-corrected chi connectivity index (χ4v) is 1.96. The minimum Gasteiger partial charge on any atom is -0.508 e. The Kier molecular flexibility index (Phi) is 2.61. The highest BCUT2D eigenvalue weighted by Crippen LogP contribution is 2.35. The van der Waals surface area contributed by atoms with Crippen molar-refractivity contribution in [1.29, 1.82) is 0 Å². The summed E-state index contributed by atoms with van der Waals surface area (Å²) in [6.45, 7) is 0. The van der Waals surface area contributed by atoms with Crippen molar-refractivity contribution in [2.45, 2.75) is 0 Å². The Morgan fingerprint density at radius 1 is 0.950 bits per heavy atom. The van der Waals surface area contributed by atoms with Crippen LogP contribution < -0.4 is 4.74 Å². The first kappa shape index (κ1) is 12.1. The second-order valence-corrected chi connectivity index (χ2v) is 4.37. The highest BCUT2D eigenvalue weighted by Gasteiger charge is 2.27. The number of fused-ring (bicyclic) bond motifs is 1. The van der Waals surface area contributed by atoms with Gasteiger partial charge in [-0.2, -0.15) is 0 Å². The molecular weight excluding hydrogens is 260 g/mol. The van der Waals surface area contributed by atoms with Gasteiger partial charge < -0.3 is 20.1 Å². The molecule has 0 radical (unpaired) electrons. The van der Waals surface area contributed by atoms with E-state index in [9.17, 15) is 20.1 Å². The van der Waals surface area contributed by atoms with Gasteiger partial charge >= 0.3 is 0 Å². The Hall–Kier alpha value is -2.95. The fraction of sp³-hybridized carbons (Fsp3) is 0. The molecule has 3 rings (SSSR count). The molecule has 0 saturated heterocycles. The number of phenolic OH excluding ortho intramolecular Hbond substituents is 3. The molecule has 1 heterocycles. The Morgan fingerprint density at radius 2 is 1.75 bits per heavy atom. The van der Waals surface area contributed by atoms with Crippen molar-refractivity contribution in [2.75, 3.05) is 0 Å². The number of allylic oxidation sites excluding steroid dienone is 1. The van der Waals surface area contributed by atoms with Crippen LogP contribution in [0.4, 0.5) is 0 Å². The SMILES string of the molecule is O=C1C(=Cc2ccc(O)c(O)c2)Oc2cc(O)ccc21. The van der Waals surface area contributed by atoms with E-state index in [1.54, 1.807) is 6.07 Å². The molecule has 5 nitrogen and oxygen atoms in total. The summed E-state index contributed by atoms with van der Waals surface area (Å²) in [7, 11) is 0. The molecule has 0 spiro atoms. The van der Waals surface area contributed by atoms with Crippen molar-refractivity contribution in [3.05, 3.63) is 53.3 Å². The summed E-state index contributed by atoms with van der Waals surface area (Å²) < 4.78 is 5.38. The number of hydrogen-bond donors (Lipinski definition) is 3. The average Bonchev–Trinajstić information content (AvgIpc) is 2.70. The highest BCUT2D eigenvalue weighted by molar-refractivity contribution is 6.14. The summed E-state index contributed by atoms with van der Waals surface area (Å²) in [5.41, 5.74) is 0.887. The van der Waals surface area contributed by atoms with Gasteiger partial charge in [0.1, 0.15) is 11.5 Å². The lowest BCUT2D eigenvalue weighted by atomic mass is 10.1. The molecular formula is C15H10O5. The number of rotatable bonds is 1. The number of carbonyl (C=O) groups excluding carboxylic acids is 1. The smallest absolute Gasteiger partial charge is 0.231 e. The molecule has 2 aromatic carbocycles. The third-order valence-corrected chi connectivity index (χ3v) is 2.95. The van der Waals surface area contributed by atoms with Gasteiger partial charge in [0, 0.05) is 6.07 Å². The van der Waals surface area contributed by atoms with E-state index in [1.807, 2.05) is 0 Å². The maximum absolute atomic E-state index is 12.1. The van der Waals surface area contributed by atoms with Gasteiger partial charge in [0.2, 0.25) is 5.78 Å². The van der Waals surface area contributed by atoms with Gasteiger partial charge in [-0.1, -0.05) is 6.07 Å². The molecule has 20 heavy (non-hydrogen) atoms. The van der Waals surface area contributed by atoms with Crippen LogP contribution in [0.3, 0.4) is 0 Å². The zero-order chi connectivity index (χ0) is 14.3. The molecule has 0 fully saturated rings. The molecule has 0 atom stereocenters. The van der Waals surface area contributed by atoms with Crippen molar-refractivity contribution < 1.29 is 24.9 Å². The lowest BCUT2D eigenvalue weighted by molar-refractivity contribution is 0.101. The first-order chi connectivity index (χ1) is 9.54. The van der Waals surface area contributed by atoms with Crippen molar-refractivity contribution in [1.82, 2.24) is 0 Å². The molecule has 3 N–H and O–H groups in total. The first-order valence-corrected chi connectivity index (χ1v) is 5.84. The van der Waals surface area contributed by atoms with E-state index in [0.29, 0.717) is 16.9 Å². The predicted molar refractivity (Wildman–Crippen MR) is 70.8 cm³/mol. The molecule has 0 saturated carbocycles. The van der Waals surface area contributed by atoms with Gasteiger partial charge in [0.15, 0.2) is 17.3 Å². The number of aromatic hydroxyl groups is 3. The van der Waals surface area contributed by atoms with E-state index in [-0.39, 0.29) is 28.8 Å². The molecule has 0 aromatic heterocycles. The molecule has 0 amide bonds. The lowest BCUT2D eigenvalue weighted by Crippen LogP contribution is -1.97. The van der Waals surface area contributed by atoms with Crippen molar-refractivity contribution in [2.24, 2.45) is 0 Å². The number of hydrogen-bond acceptors (Lipinski definition) is 5. The number of phenols is 3. The summed E-state index contributed by atoms with van der Waals surface area (Å²) in [4.78, 5) is 12.1. The molecule has 0 unspecified atom stereocenters. The van der Waals surface area contributed by atoms with Crippen molar-refractivity contribution in [3.8, 4) is 23.0 Å². The quantitative estimate of drug-likeness (QED) is 0.547. The molecule has 100 valence electrons. The van der Waals surface area contributed by atoms with Gasteiger partial charge in [-0.3, -0.25) is 4.79 Å². The van der Waals surface area contributed by atoms with Crippen LogP contribution in [0.15, 0.2) is 42.2 Å². The maximum atomic E-state index is 12.1. The standard InChI is InChI=1S/C15H10O5/c16-9-2-3-10-13(7-9)20-14(15(10)19)6-8-1-4-11(17)12(18)5-8/h1-7,16-18H. The van der Waals surface area contributed by atoms with Crippen LogP contribution in [0, 0.1) is 0 Å². The third kappa shape index (κ3) is 1.95. The van der Waals surface area contributed by atoms with Crippen LogP contribution in [-0.2, 0) is 0 Å². The number of benzene rings is 2. The van der Waals surface area contributed by atoms with Gasteiger partial charge in [-0.15, -0.1) is 0 Å². The van der Waals surface area contributed by atoms with Gasteiger partial charge in [-0.25, -0.2) is 0 Å². The lowest BCUT2D eigenvalue weighted by Gasteiger charge is -2.01. The summed E-state index contributed by atoms with van der Waals surface area (Å²) >= 11 is 0. The summed E-state index contributed by atoms with van der Waals surface area (Å²) in [6.07, 6.45) is 1.46. The molecule has 2 aromatic rings. The first-order valence-electron chi connectivity index (χ1n) is 5.84. The number of ketones is 1. The third-order valence-electron chi connectivity index (χ3n) is 2.95. The van der Waals surface area contributed by atoms with Crippen LogP contribution in [-0.4, -0.2) is 21.1 Å². The summed E-state index contributed by atoms with van der Waals surface area (Å²) in [5, 5.41) is 28.0. The average molecular weight is 270 g/mol. The van der Waals surface area contributed by atoms with E-state index >= 15 is 0 Å². The summed E-state index contributed by atoms with van der Waals surface area (Å²) in [5.74, 6) is -0.411. The van der Waals surface area contributed by atoms with Gasteiger partial charge in [-0.05, 0) is 35.9 Å². The van der Waals surface area contributed by atoms with E-state index in [0.717, 1.165) is 0 Å². The highest BCUT2D eigenvalue weighted by atomic mass is 16.5. The molecule has 0 bridgehead atoms. The number of ether oxygens (including phenoxy) is 1. The normalized spacial score (nSPS) is 15.2. The van der Waals surface area contributed by atoms with Crippen LogP contribution in [0.5, 0.6) is 23.0 Å². The molecule has 0 aliphatic carbocycles. The maximum Gasteiger partial charge on any atom is 0.231 e. The van der Waals surface area contributed by atoms with Gasteiger partial charge in [0.05, 0.1) is 5.56 Å². The molecule has 1 aliphatic rings. The Balaban J connectivity index is 1.99. The minimum atomic E-state index is -0.299. The number of carbonyl (C=O) groups is 1. The minimum absolute atomic E-state index is 0.0140. The number of Topliss-reactive ketones (excluding diaryl/α,β-unsaturated/α-hetero) is 1. The van der Waals surface area contributed by atoms with E-state index in [4.69, 9.17) is 4.74 Å². The van der Waals surface area contributed by atoms with Crippen LogP contribution in [0.2, 0.25) is 0 Å². The fourth-order valence-electron chi connectivity index (χ4n) is 1.96. The largest absolute Gasteiger partial charge is 0.508 e. The Labute approximate surface area is 114 Å². The monoisotopic (exact) mass is 270 g/mol. The van der Waals surface area contributed by atoms with Crippen LogP contribution >= 0.6 is 0 Å². The predicted octanol–water partition coefficient (Wildman–Crippen LogP) is 2.42. The molecule has 5 heteroatoms. The van der Waals surface area contributed by atoms with Gasteiger partial charge in [0.25, 0.3) is 0 Å². The second-order valence-electron chi connectivity index (χ2n) is 4.37. The zero-order valence-corrected chi connectivity index (χ0v) is 10.2. The van der Waals surface area contributed by atoms with E-state index in [1.165, 1.54) is 36.4 Å². The Bertz CT molecular complexity index is 746. The zero-order valence-electron chi connectivity index (χ0n) is 10.2. The topological polar surface area (TPSA) is 87.0 Å². The van der Waals surface area contributed by atoms with E-state index < -0.39 is 0 Å². The van der Waals surface area contributed by atoms with E-state index in [2.05, 4.69) is 0 Å².